The number of aromatic nitrogens is 1. The lowest BCUT2D eigenvalue weighted by Gasteiger charge is -2.21. The van der Waals surface area contributed by atoms with E-state index < -0.39 is 0 Å². The molecule has 1 N–H and O–H groups in total. The van der Waals surface area contributed by atoms with E-state index in [0.29, 0.717) is 6.54 Å². The molecule has 1 aliphatic rings. The molecule has 1 aromatic rings. The fourth-order valence-corrected chi connectivity index (χ4v) is 2.06. The molecule has 0 atom stereocenters. The molecule has 1 aliphatic carbocycles. The van der Waals surface area contributed by atoms with Crippen LogP contribution in [0.5, 0.6) is 0 Å². The van der Waals surface area contributed by atoms with Crippen LogP contribution in [0.4, 0.5) is 0 Å². The smallest absolute Gasteiger partial charge is 0.194 e. The molecule has 0 bridgehead atoms. The summed E-state index contributed by atoms with van der Waals surface area (Å²) in [5, 5.41) is 7.28. The van der Waals surface area contributed by atoms with Gasteiger partial charge in [-0.3, -0.25) is 0 Å². The molecular weight excluding hydrogens is 280 g/mol. The van der Waals surface area contributed by atoms with Crippen LogP contribution in [-0.2, 0) is 17.7 Å². The van der Waals surface area contributed by atoms with E-state index in [1.807, 2.05) is 13.1 Å². The summed E-state index contributed by atoms with van der Waals surface area (Å²) in [4.78, 5) is 6.69. The lowest BCUT2D eigenvalue weighted by atomic mass is 10.3. The van der Waals surface area contributed by atoms with E-state index in [1.54, 1.807) is 0 Å². The van der Waals surface area contributed by atoms with Gasteiger partial charge in [0.2, 0.25) is 0 Å². The topological polar surface area (TPSA) is 62.9 Å². The normalized spacial score (nSPS) is 15.1. The van der Waals surface area contributed by atoms with Gasteiger partial charge >= 0.3 is 0 Å². The van der Waals surface area contributed by atoms with Crippen LogP contribution < -0.4 is 5.32 Å². The number of likely N-dealkylation sites (N-methyl/N-ethyl adjacent to an activating group) is 1. The summed E-state index contributed by atoms with van der Waals surface area (Å²) in [6.45, 7) is 7.93. The summed E-state index contributed by atoms with van der Waals surface area (Å²) in [5.41, 5.74) is 0.969. The number of guanidine groups is 1. The molecule has 1 fully saturated rings. The van der Waals surface area contributed by atoms with Crippen molar-refractivity contribution in [3.05, 3.63) is 17.5 Å². The third-order valence-corrected chi connectivity index (χ3v) is 3.67. The lowest BCUT2D eigenvalue weighted by molar-refractivity contribution is 0.115. The zero-order valence-corrected chi connectivity index (χ0v) is 14.0. The first kappa shape index (κ1) is 16.8. The highest BCUT2D eigenvalue weighted by atomic mass is 16.5. The van der Waals surface area contributed by atoms with Gasteiger partial charge in [0, 0.05) is 32.8 Å². The Morgan fingerprint density at radius 3 is 2.95 bits per heavy atom. The third-order valence-electron chi connectivity index (χ3n) is 3.67. The van der Waals surface area contributed by atoms with Gasteiger partial charge in [-0.15, -0.1) is 0 Å². The monoisotopic (exact) mass is 308 g/mol. The zero-order chi connectivity index (χ0) is 15.8. The van der Waals surface area contributed by atoms with Crippen molar-refractivity contribution in [3.63, 3.8) is 0 Å². The van der Waals surface area contributed by atoms with Crippen molar-refractivity contribution in [1.29, 1.82) is 0 Å². The molecule has 0 radical (unpaired) electrons. The molecule has 6 nitrogen and oxygen atoms in total. The zero-order valence-electron chi connectivity index (χ0n) is 14.0. The van der Waals surface area contributed by atoms with Gasteiger partial charge in [-0.1, -0.05) is 12.1 Å². The highest BCUT2D eigenvalue weighted by Gasteiger charge is 2.21. The minimum Gasteiger partial charge on any atom is -0.379 e. The molecule has 124 valence electrons. The molecule has 1 aromatic heterocycles. The van der Waals surface area contributed by atoms with Crippen molar-refractivity contribution in [2.24, 2.45) is 10.9 Å². The number of ether oxygens (including phenoxy) is 1. The number of hydrogen-bond donors (Lipinski definition) is 1. The van der Waals surface area contributed by atoms with E-state index in [0.717, 1.165) is 56.1 Å². The van der Waals surface area contributed by atoms with Crippen LogP contribution in [0.1, 0.15) is 38.1 Å². The Kier molecular flexibility index (Phi) is 6.71. The molecular formula is C16H28N4O2. The van der Waals surface area contributed by atoms with Crippen molar-refractivity contribution in [2.75, 3.05) is 33.4 Å². The van der Waals surface area contributed by atoms with Gasteiger partial charge in [0.1, 0.15) is 6.54 Å². The summed E-state index contributed by atoms with van der Waals surface area (Å²) in [6.07, 6.45) is 3.54. The van der Waals surface area contributed by atoms with E-state index in [2.05, 4.69) is 34.2 Å². The summed E-state index contributed by atoms with van der Waals surface area (Å²) < 4.78 is 11.0. The minimum atomic E-state index is 0.503. The maximum atomic E-state index is 5.68. The number of aryl methyl sites for hydroxylation is 1. The molecule has 2 rings (SSSR count). The van der Waals surface area contributed by atoms with Crippen molar-refractivity contribution >= 4 is 5.96 Å². The van der Waals surface area contributed by atoms with Crippen molar-refractivity contribution < 1.29 is 9.26 Å². The molecule has 0 aromatic carbocycles. The molecule has 6 heteroatoms. The van der Waals surface area contributed by atoms with Gasteiger partial charge in [0.25, 0.3) is 0 Å². The molecule has 22 heavy (non-hydrogen) atoms. The Labute approximate surface area is 132 Å². The van der Waals surface area contributed by atoms with Crippen LogP contribution in [0.3, 0.4) is 0 Å². The fourth-order valence-electron chi connectivity index (χ4n) is 2.06. The molecule has 0 aliphatic heterocycles. The third kappa shape index (κ3) is 5.67. The highest BCUT2D eigenvalue weighted by molar-refractivity contribution is 5.79. The van der Waals surface area contributed by atoms with Gasteiger partial charge in [0.15, 0.2) is 11.7 Å². The first-order chi connectivity index (χ1) is 10.7. The van der Waals surface area contributed by atoms with Crippen molar-refractivity contribution in [3.8, 4) is 0 Å². The summed E-state index contributed by atoms with van der Waals surface area (Å²) >= 11 is 0. The van der Waals surface area contributed by atoms with Gasteiger partial charge in [0.05, 0.1) is 12.3 Å². The maximum absolute atomic E-state index is 5.68. The average Bonchev–Trinajstić information content (AvgIpc) is 3.24. The van der Waals surface area contributed by atoms with Crippen LogP contribution in [-0.4, -0.2) is 49.4 Å². The fraction of sp³-hybridized carbons (Fsp3) is 0.750. The number of rotatable bonds is 9. The van der Waals surface area contributed by atoms with Gasteiger partial charge < -0.3 is 19.5 Å². The maximum Gasteiger partial charge on any atom is 0.194 e. The van der Waals surface area contributed by atoms with Gasteiger partial charge in [-0.05, 0) is 32.1 Å². The van der Waals surface area contributed by atoms with Gasteiger partial charge in [-0.25, -0.2) is 4.99 Å². The number of aliphatic imine (C=N–C) groups is 1. The second-order valence-corrected chi connectivity index (χ2v) is 5.75. The van der Waals surface area contributed by atoms with E-state index in [-0.39, 0.29) is 0 Å². The Morgan fingerprint density at radius 2 is 2.32 bits per heavy atom. The highest BCUT2D eigenvalue weighted by Crippen LogP contribution is 2.28. The first-order valence-electron chi connectivity index (χ1n) is 8.24. The summed E-state index contributed by atoms with van der Waals surface area (Å²) in [7, 11) is 2.03. The minimum absolute atomic E-state index is 0.503. The molecule has 0 unspecified atom stereocenters. The number of nitrogens with one attached hydrogen (secondary N) is 1. The summed E-state index contributed by atoms with van der Waals surface area (Å²) in [6, 6.07) is 1.96. The Hall–Kier alpha value is -1.56. The molecule has 0 amide bonds. The quantitative estimate of drug-likeness (QED) is 0.430. The lowest BCUT2D eigenvalue weighted by Crippen LogP contribution is -2.40. The Balaban J connectivity index is 1.78. The first-order valence-corrected chi connectivity index (χ1v) is 8.24. The molecule has 1 saturated carbocycles. The molecule has 0 spiro atoms. The second kappa shape index (κ2) is 8.78. The van der Waals surface area contributed by atoms with Crippen LogP contribution in [0.25, 0.3) is 0 Å². The van der Waals surface area contributed by atoms with E-state index in [1.165, 1.54) is 12.8 Å². The SMILES string of the molecule is CCNC(=NCc1cc(CC)no1)N(C)CCOCC1CC1. The molecule has 0 saturated heterocycles. The summed E-state index contributed by atoms with van der Waals surface area (Å²) in [5.74, 6) is 2.48. The van der Waals surface area contributed by atoms with Gasteiger partial charge in [-0.2, -0.15) is 0 Å². The van der Waals surface area contributed by atoms with E-state index in [9.17, 15) is 0 Å². The number of hydrogen-bond acceptors (Lipinski definition) is 4. The van der Waals surface area contributed by atoms with E-state index >= 15 is 0 Å². The van der Waals surface area contributed by atoms with Crippen LogP contribution in [0, 0.1) is 5.92 Å². The predicted molar refractivity (Wildman–Crippen MR) is 86.9 cm³/mol. The average molecular weight is 308 g/mol. The second-order valence-electron chi connectivity index (χ2n) is 5.75. The number of nitrogens with zero attached hydrogens (tertiary/aromatic N) is 3. The Morgan fingerprint density at radius 1 is 1.50 bits per heavy atom. The molecule has 1 heterocycles. The van der Waals surface area contributed by atoms with Crippen LogP contribution in [0.15, 0.2) is 15.6 Å². The Bertz CT molecular complexity index is 468. The van der Waals surface area contributed by atoms with E-state index in [4.69, 9.17) is 9.26 Å². The largest absolute Gasteiger partial charge is 0.379 e. The van der Waals surface area contributed by atoms with Crippen molar-refractivity contribution in [1.82, 2.24) is 15.4 Å². The van der Waals surface area contributed by atoms with Crippen molar-refractivity contribution in [2.45, 2.75) is 39.7 Å². The standard InChI is InChI=1S/C16H28N4O2/c1-4-14-10-15(22-19-14)11-18-16(17-5-2)20(3)8-9-21-12-13-6-7-13/h10,13H,4-9,11-12H2,1-3H3,(H,17,18). The van der Waals surface area contributed by atoms with Crippen LogP contribution >= 0.6 is 0 Å². The van der Waals surface area contributed by atoms with Crippen LogP contribution in [0.2, 0.25) is 0 Å². The predicted octanol–water partition coefficient (Wildman–Crippen LogP) is 2.06.